The van der Waals surface area contributed by atoms with Crippen molar-refractivity contribution in [3.05, 3.63) is 65.2 Å². The standard InChI is InChI=1S/C24H31N3O6S/c1-18-4-6-19(7-5-18)17-33-21-10-8-20(9-11-21)23(28)25-16-22(24(29)32-2)26-12-14-27(15-13-26)34(3,30)31/h4-11,22H,12-17H2,1-3H3,(H,25,28)/t22-/m0/s1. The van der Waals surface area contributed by atoms with Gasteiger partial charge >= 0.3 is 5.97 Å². The van der Waals surface area contributed by atoms with Crippen molar-refractivity contribution in [3.8, 4) is 5.75 Å². The molecule has 34 heavy (non-hydrogen) atoms. The van der Waals surface area contributed by atoms with E-state index < -0.39 is 22.0 Å². The molecule has 0 unspecified atom stereocenters. The number of rotatable bonds is 9. The van der Waals surface area contributed by atoms with Gasteiger partial charge in [0.2, 0.25) is 10.0 Å². The fraction of sp³-hybridized carbons (Fsp3) is 0.417. The van der Waals surface area contributed by atoms with Crippen LogP contribution in [0.15, 0.2) is 48.5 Å². The minimum atomic E-state index is -3.28. The second kappa shape index (κ2) is 11.5. The molecule has 2 aromatic rings. The number of nitrogens with one attached hydrogen (secondary N) is 1. The Labute approximate surface area is 200 Å². The monoisotopic (exact) mass is 489 g/mol. The first-order valence-corrected chi connectivity index (χ1v) is 12.9. The van der Waals surface area contributed by atoms with Crippen molar-refractivity contribution in [1.82, 2.24) is 14.5 Å². The summed E-state index contributed by atoms with van der Waals surface area (Å²) in [4.78, 5) is 26.8. The third-order valence-electron chi connectivity index (χ3n) is 5.75. The molecule has 1 amide bonds. The lowest BCUT2D eigenvalue weighted by Gasteiger charge is -2.37. The summed E-state index contributed by atoms with van der Waals surface area (Å²) in [5, 5.41) is 2.78. The number of ether oxygens (including phenoxy) is 2. The number of piperazine rings is 1. The Morgan fingerprint density at radius 2 is 1.62 bits per heavy atom. The average molecular weight is 490 g/mol. The van der Waals surface area contributed by atoms with E-state index in [0.29, 0.717) is 31.0 Å². The molecular weight excluding hydrogens is 458 g/mol. The van der Waals surface area contributed by atoms with E-state index in [-0.39, 0.29) is 25.5 Å². The predicted octanol–water partition coefficient (Wildman–Crippen LogP) is 1.42. The van der Waals surface area contributed by atoms with Crippen LogP contribution in [0.2, 0.25) is 0 Å². The zero-order valence-electron chi connectivity index (χ0n) is 19.7. The maximum absolute atomic E-state index is 12.6. The number of esters is 1. The lowest BCUT2D eigenvalue weighted by Crippen LogP contribution is -2.57. The van der Waals surface area contributed by atoms with Gasteiger partial charge in [-0.2, -0.15) is 4.31 Å². The number of aryl methyl sites for hydroxylation is 1. The van der Waals surface area contributed by atoms with Crippen LogP contribution in [0.5, 0.6) is 5.75 Å². The molecule has 0 spiro atoms. The van der Waals surface area contributed by atoms with E-state index in [2.05, 4.69) is 5.32 Å². The Kier molecular flexibility index (Phi) is 8.65. The van der Waals surface area contributed by atoms with Crippen LogP contribution < -0.4 is 10.1 Å². The van der Waals surface area contributed by atoms with Crippen LogP contribution in [0.1, 0.15) is 21.5 Å². The number of nitrogens with zero attached hydrogens (tertiary/aromatic N) is 2. The smallest absolute Gasteiger partial charge is 0.324 e. The van der Waals surface area contributed by atoms with E-state index in [1.807, 2.05) is 36.1 Å². The van der Waals surface area contributed by atoms with E-state index in [9.17, 15) is 18.0 Å². The largest absolute Gasteiger partial charge is 0.489 e. The summed E-state index contributed by atoms with van der Waals surface area (Å²) >= 11 is 0. The molecule has 1 N–H and O–H groups in total. The number of amides is 1. The van der Waals surface area contributed by atoms with Crippen molar-refractivity contribution < 1.29 is 27.5 Å². The summed E-state index contributed by atoms with van der Waals surface area (Å²) in [6, 6.07) is 14.2. The third-order valence-corrected chi connectivity index (χ3v) is 7.06. The third kappa shape index (κ3) is 7.02. The molecule has 1 aliphatic rings. The van der Waals surface area contributed by atoms with Crippen molar-refractivity contribution in [1.29, 1.82) is 0 Å². The van der Waals surface area contributed by atoms with Gasteiger partial charge in [0, 0.05) is 38.3 Å². The lowest BCUT2D eigenvalue weighted by molar-refractivity contribution is -0.147. The summed E-state index contributed by atoms with van der Waals surface area (Å²) in [7, 11) is -1.99. The molecule has 1 heterocycles. The highest BCUT2D eigenvalue weighted by atomic mass is 32.2. The maximum Gasteiger partial charge on any atom is 0.324 e. The molecule has 10 heteroatoms. The number of hydrogen-bond acceptors (Lipinski definition) is 7. The van der Waals surface area contributed by atoms with Crippen molar-refractivity contribution in [2.75, 3.05) is 46.1 Å². The molecule has 1 aliphatic heterocycles. The Balaban J connectivity index is 1.53. The van der Waals surface area contributed by atoms with E-state index in [1.54, 1.807) is 24.3 Å². The molecule has 1 saturated heterocycles. The quantitative estimate of drug-likeness (QED) is 0.531. The number of methoxy groups -OCH3 is 1. The van der Waals surface area contributed by atoms with Crippen LogP contribution in [0.25, 0.3) is 0 Å². The summed E-state index contributed by atoms with van der Waals surface area (Å²) in [5.74, 6) is -0.157. The van der Waals surface area contributed by atoms with Gasteiger partial charge in [0.15, 0.2) is 0 Å². The lowest BCUT2D eigenvalue weighted by atomic mass is 10.1. The van der Waals surface area contributed by atoms with Gasteiger partial charge < -0.3 is 14.8 Å². The Morgan fingerprint density at radius 1 is 1.00 bits per heavy atom. The molecule has 1 atom stereocenters. The summed E-state index contributed by atoms with van der Waals surface area (Å²) in [6.45, 7) is 3.82. The van der Waals surface area contributed by atoms with Crippen LogP contribution in [-0.2, 0) is 26.2 Å². The Hall–Kier alpha value is -2.95. The Morgan fingerprint density at radius 3 is 2.18 bits per heavy atom. The second-order valence-corrected chi connectivity index (χ2v) is 10.2. The van der Waals surface area contributed by atoms with Crippen LogP contribution in [-0.4, -0.2) is 81.6 Å². The molecule has 0 saturated carbocycles. The van der Waals surface area contributed by atoms with Crippen molar-refractivity contribution in [2.24, 2.45) is 0 Å². The molecule has 184 valence electrons. The SMILES string of the molecule is COC(=O)[C@H](CNC(=O)c1ccc(OCc2ccc(C)cc2)cc1)N1CCN(S(C)(=O)=O)CC1. The van der Waals surface area contributed by atoms with Gasteiger partial charge in [0.1, 0.15) is 18.4 Å². The van der Waals surface area contributed by atoms with Gasteiger partial charge in [-0.3, -0.25) is 14.5 Å². The topological polar surface area (TPSA) is 105 Å². The van der Waals surface area contributed by atoms with Gasteiger partial charge in [0.25, 0.3) is 5.91 Å². The van der Waals surface area contributed by atoms with E-state index in [1.165, 1.54) is 23.2 Å². The first kappa shape index (κ1) is 25.7. The number of hydrogen-bond donors (Lipinski definition) is 1. The van der Waals surface area contributed by atoms with Gasteiger partial charge in [-0.15, -0.1) is 0 Å². The average Bonchev–Trinajstić information content (AvgIpc) is 2.83. The minimum absolute atomic E-state index is 0.0516. The normalized spacial score (nSPS) is 16.0. The van der Waals surface area contributed by atoms with E-state index in [4.69, 9.17) is 9.47 Å². The zero-order valence-corrected chi connectivity index (χ0v) is 20.5. The first-order chi connectivity index (χ1) is 16.2. The second-order valence-electron chi connectivity index (χ2n) is 8.25. The summed E-state index contributed by atoms with van der Waals surface area (Å²) in [6.07, 6.45) is 1.17. The zero-order chi connectivity index (χ0) is 24.7. The van der Waals surface area contributed by atoms with Crippen molar-refractivity contribution in [2.45, 2.75) is 19.6 Å². The minimum Gasteiger partial charge on any atom is -0.489 e. The van der Waals surface area contributed by atoms with Crippen LogP contribution in [0.3, 0.4) is 0 Å². The molecule has 1 fully saturated rings. The maximum atomic E-state index is 12.6. The van der Waals surface area contributed by atoms with Crippen LogP contribution >= 0.6 is 0 Å². The molecular formula is C24H31N3O6S. The van der Waals surface area contributed by atoms with E-state index in [0.717, 1.165) is 5.56 Å². The molecule has 3 rings (SSSR count). The number of benzene rings is 2. The number of carbonyl (C=O) groups excluding carboxylic acids is 2. The fourth-order valence-corrected chi connectivity index (χ4v) is 4.52. The highest BCUT2D eigenvalue weighted by molar-refractivity contribution is 7.88. The number of sulfonamides is 1. The molecule has 0 aromatic heterocycles. The molecule has 0 radical (unpaired) electrons. The van der Waals surface area contributed by atoms with Gasteiger partial charge in [-0.05, 0) is 36.8 Å². The molecule has 9 nitrogen and oxygen atoms in total. The van der Waals surface area contributed by atoms with Gasteiger partial charge in [0.05, 0.1) is 13.4 Å². The highest BCUT2D eigenvalue weighted by Crippen LogP contribution is 2.15. The van der Waals surface area contributed by atoms with Crippen LogP contribution in [0, 0.1) is 6.92 Å². The molecule has 2 aromatic carbocycles. The molecule has 0 aliphatic carbocycles. The van der Waals surface area contributed by atoms with E-state index >= 15 is 0 Å². The summed E-state index contributed by atoms with van der Waals surface area (Å²) < 4.78 is 35.5. The fourth-order valence-electron chi connectivity index (χ4n) is 3.69. The van der Waals surface area contributed by atoms with Crippen molar-refractivity contribution in [3.63, 3.8) is 0 Å². The first-order valence-electron chi connectivity index (χ1n) is 11.0. The highest BCUT2D eigenvalue weighted by Gasteiger charge is 2.32. The Bertz CT molecular complexity index is 1080. The number of carbonyl (C=O) groups is 2. The van der Waals surface area contributed by atoms with Gasteiger partial charge in [-0.1, -0.05) is 29.8 Å². The predicted molar refractivity (Wildman–Crippen MR) is 128 cm³/mol. The summed E-state index contributed by atoms with van der Waals surface area (Å²) in [5.41, 5.74) is 2.68. The molecule has 0 bridgehead atoms. The van der Waals surface area contributed by atoms with Crippen LogP contribution in [0.4, 0.5) is 0 Å². The van der Waals surface area contributed by atoms with Crippen molar-refractivity contribution >= 4 is 21.9 Å². The van der Waals surface area contributed by atoms with Gasteiger partial charge in [-0.25, -0.2) is 8.42 Å².